The van der Waals surface area contributed by atoms with Crippen LogP contribution in [0.4, 0.5) is 5.69 Å². The molecule has 0 bridgehead atoms. The van der Waals surface area contributed by atoms with E-state index < -0.39 is 5.69 Å². The van der Waals surface area contributed by atoms with Crippen LogP contribution in [0.5, 0.6) is 0 Å². The number of nitrogens with zero attached hydrogens (tertiary/aromatic N) is 4. The molecule has 0 spiro atoms. The first-order valence-electron chi connectivity index (χ1n) is 11.1. The Hall–Kier alpha value is -3.24. The molecular weight excluding hydrogens is 442 g/mol. The largest absolute Gasteiger partial charge is 0.376 e. The SMILES string of the molecule is CCc1cccc(C)c1NC(=O)Cn1nc2n(C[C@H]3CCCO3)c(=O)c3sccc3n2c1=O. The van der Waals surface area contributed by atoms with Gasteiger partial charge in [-0.1, -0.05) is 25.1 Å². The van der Waals surface area contributed by atoms with Crippen LogP contribution in [-0.2, 0) is 29.0 Å². The van der Waals surface area contributed by atoms with Gasteiger partial charge >= 0.3 is 5.69 Å². The van der Waals surface area contributed by atoms with Crippen molar-refractivity contribution in [2.24, 2.45) is 0 Å². The average molecular weight is 468 g/mol. The number of carbonyl (C=O) groups excluding carboxylic acids is 1. The number of hydrogen-bond acceptors (Lipinski definition) is 6. The Kier molecular flexibility index (Phi) is 5.63. The summed E-state index contributed by atoms with van der Waals surface area (Å²) in [4.78, 5) is 39.3. The van der Waals surface area contributed by atoms with E-state index in [0.717, 1.165) is 40.8 Å². The fraction of sp³-hybridized carbons (Fsp3) is 0.391. The van der Waals surface area contributed by atoms with Gasteiger partial charge in [0.25, 0.3) is 5.56 Å². The number of aromatic nitrogens is 4. The molecule has 1 saturated heterocycles. The fourth-order valence-corrected chi connectivity index (χ4v) is 5.23. The number of aryl methyl sites for hydroxylation is 2. The lowest BCUT2D eigenvalue weighted by Gasteiger charge is -2.13. The predicted molar refractivity (Wildman–Crippen MR) is 127 cm³/mol. The Morgan fingerprint density at radius 3 is 2.91 bits per heavy atom. The quantitative estimate of drug-likeness (QED) is 0.470. The molecule has 5 rings (SSSR count). The summed E-state index contributed by atoms with van der Waals surface area (Å²) in [7, 11) is 0. The maximum absolute atomic E-state index is 13.3. The standard InChI is InChI=1S/C23H25N5O4S/c1-3-15-7-4-6-14(2)19(15)24-18(29)13-27-23(31)28-17-9-11-33-20(17)21(30)26(22(28)25-27)12-16-8-5-10-32-16/h4,6-7,9,11,16H,3,5,8,10,12-13H2,1-2H3,(H,24,29)/t16-/m1/s1. The molecule has 33 heavy (non-hydrogen) atoms. The van der Waals surface area contributed by atoms with Gasteiger partial charge in [0.05, 0.1) is 18.2 Å². The molecule has 1 aliphatic rings. The number of carbonyl (C=O) groups is 1. The predicted octanol–water partition coefficient (Wildman–Crippen LogP) is 2.56. The summed E-state index contributed by atoms with van der Waals surface area (Å²) in [6.07, 6.45) is 2.47. The van der Waals surface area contributed by atoms with Crippen LogP contribution in [-0.4, -0.2) is 37.4 Å². The van der Waals surface area contributed by atoms with Crippen LogP contribution in [0.2, 0.25) is 0 Å². The number of para-hydroxylation sites is 1. The second-order valence-electron chi connectivity index (χ2n) is 8.27. The third-order valence-electron chi connectivity index (χ3n) is 6.10. The van der Waals surface area contributed by atoms with Gasteiger partial charge in [-0.2, -0.15) is 0 Å². The first-order chi connectivity index (χ1) is 16.0. The topological polar surface area (TPSA) is 99.6 Å². The van der Waals surface area contributed by atoms with E-state index in [1.165, 1.54) is 20.3 Å². The van der Waals surface area contributed by atoms with Gasteiger partial charge in [-0.25, -0.2) is 13.9 Å². The number of fused-ring (bicyclic) bond motifs is 3. The fourth-order valence-electron chi connectivity index (χ4n) is 4.41. The molecule has 1 atom stereocenters. The second kappa shape index (κ2) is 8.60. The summed E-state index contributed by atoms with van der Waals surface area (Å²) in [5, 5.41) is 9.12. The molecule has 1 fully saturated rings. The number of amides is 1. The first kappa shape index (κ1) is 21.6. The molecule has 0 radical (unpaired) electrons. The molecule has 4 aromatic rings. The molecule has 1 aromatic carbocycles. The Bertz CT molecular complexity index is 1470. The minimum absolute atomic E-state index is 0.0963. The third kappa shape index (κ3) is 3.79. The molecule has 1 N–H and O–H groups in total. The molecule has 0 aliphatic carbocycles. The van der Waals surface area contributed by atoms with Gasteiger partial charge in [0, 0.05) is 12.3 Å². The van der Waals surface area contributed by atoms with Crippen LogP contribution < -0.4 is 16.6 Å². The summed E-state index contributed by atoms with van der Waals surface area (Å²) >= 11 is 1.29. The Morgan fingerprint density at radius 2 is 2.15 bits per heavy atom. The maximum atomic E-state index is 13.3. The van der Waals surface area contributed by atoms with Gasteiger partial charge in [-0.15, -0.1) is 16.4 Å². The van der Waals surface area contributed by atoms with Gasteiger partial charge in [0.2, 0.25) is 11.7 Å². The van der Waals surface area contributed by atoms with E-state index in [1.54, 1.807) is 11.4 Å². The number of rotatable bonds is 6. The lowest BCUT2D eigenvalue weighted by atomic mass is 10.1. The molecule has 1 aliphatic heterocycles. The van der Waals surface area contributed by atoms with Crippen LogP contribution in [0.15, 0.2) is 39.2 Å². The Balaban J connectivity index is 1.55. The normalized spacial score (nSPS) is 16.1. The zero-order valence-electron chi connectivity index (χ0n) is 18.5. The lowest BCUT2D eigenvalue weighted by Crippen LogP contribution is -2.30. The van der Waals surface area contributed by atoms with Gasteiger partial charge in [0.1, 0.15) is 11.2 Å². The van der Waals surface area contributed by atoms with Crippen molar-refractivity contribution in [3.63, 3.8) is 0 Å². The lowest BCUT2D eigenvalue weighted by molar-refractivity contribution is -0.117. The molecule has 3 aromatic heterocycles. The number of thiophene rings is 1. The summed E-state index contributed by atoms with van der Waals surface area (Å²) in [5.74, 6) is -0.122. The van der Waals surface area contributed by atoms with Crippen LogP contribution in [0.25, 0.3) is 16.0 Å². The van der Waals surface area contributed by atoms with Gasteiger partial charge < -0.3 is 10.1 Å². The number of ether oxygens (including phenoxy) is 1. The van der Waals surface area contributed by atoms with Gasteiger partial charge in [-0.3, -0.25) is 14.2 Å². The highest BCUT2D eigenvalue weighted by Gasteiger charge is 2.23. The van der Waals surface area contributed by atoms with Crippen molar-refractivity contribution < 1.29 is 9.53 Å². The Morgan fingerprint density at radius 1 is 1.30 bits per heavy atom. The van der Waals surface area contributed by atoms with E-state index in [-0.39, 0.29) is 29.9 Å². The van der Waals surface area contributed by atoms with Crippen molar-refractivity contribution in [1.82, 2.24) is 18.7 Å². The van der Waals surface area contributed by atoms with Crippen LogP contribution in [0.3, 0.4) is 0 Å². The van der Waals surface area contributed by atoms with E-state index in [9.17, 15) is 14.4 Å². The molecule has 9 nitrogen and oxygen atoms in total. The highest BCUT2D eigenvalue weighted by molar-refractivity contribution is 7.17. The molecule has 172 valence electrons. The summed E-state index contributed by atoms with van der Waals surface area (Å²) in [6, 6.07) is 7.59. The van der Waals surface area contributed by atoms with Crippen LogP contribution >= 0.6 is 11.3 Å². The minimum Gasteiger partial charge on any atom is -0.376 e. The van der Waals surface area contributed by atoms with Gasteiger partial charge in [0.15, 0.2) is 0 Å². The van der Waals surface area contributed by atoms with Gasteiger partial charge in [-0.05, 0) is 48.8 Å². The summed E-state index contributed by atoms with van der Waals surface area (Å²) in [6.45, 7) is 4.69. The van der Waals surface area contributed by atoms with Crippen molar-refractivity contribution >= 4 is 38.9 Å². The number of nitrogens with one attached hydrogen (secondary N) is 1. The van der Waals surface area contributed by atoms with Crippen molar-refractivity contribution in [3.05, 3.63) is 61.6 Å². The summed E-state index contributed by atoms with van der Waals surface area (Å²) in [5.41, 5.74) is 2.60. The van der Waals surface area contributed by atoms with E-state index in [2.05, 4.69) is 10.4 Å². The molecule has 10 heteroatoms. The zero-order valence-corrected chi connectivity index (χ0v) is 19.4. The van der Waals surface area contributed by atoms with E-state index in [4.69, 9.17) is 4.74 Å². The Labute approximate surface area is 193 Å². The molecule has 4 heterocycles. The second-order valence-corrected chi connectivity index (χ2v) is 9.19. The molecule has 0 unspecified atom stereocenters. The van der Waals surface area contributed by atoms with E-state index in [0.29, 0.717) is 23.4 Å². The average Bonchev–Trinajstić information content (AvgIpc) is 3.54. The molecule has 1 amide bonds. The molecule has 0 saturated carbocycles. The number of benzene rings is 1. The highest BCUT2D eigenvalue weighted by atomic mass is 32.1. The minimum atomic E-state index is -0.454. The van der Waals surface area contributed by atoms with Crippen molar-refractivity contribution in [2.45, 2.75) is 52.3 Å². The first-order valence-corrected chi connectivity index (χ1v) is 12.0. The van der Waals surface area contributed by atoms with E-state index >= 15 is 0 Å². The number of anilines is 1. The highest BCUT2D eigenvalue weighted by Crippen LogP contribution is 2.22. The smallest absolute Gasteiger partial charge is 0.352 e. The van der Waals surface area contributed by atoms with Crippen molar-refractivity contribution in [1.29, 1.82) is 0 Å². The molecular formula is C23H25N5O4S. The maximum Gasteiger partial charge on any atom is 0.352 e. The van der Waals surface area contributed by atoms with Crippen molar-refractivity contribution in [3.8, 4) is 0 Å². The van der Waals surface area contributed by atoms with Crippen LogP contribution in [0, 0.1) is 6.92 Å². The van der Waals surface area contributed by atoms with E-state index in [1.807, 2.05) is 32.0 Å². The third-order valence-corrected chi connectivity index (χ3v) is 6.99. The summed E-state index contributed by atoms with van der Waals surface area (Å²) < 4.78 is 10.2. The monoisotopic (exact) mass is 467 g/mol. The van der Waals surface area contributed by atoms with Crippen molar-refractivity contribution in [2.75, 3.05) is 11.9 Å². The zero-order chi connectivity index (χ0) is 23.1. The van der Waals surface area contributed by atoms with Crippen LogP contribution in [0.1, 0.15) is 30.9 Å². The number of hydrogen-bond donors (Lipinski definition) is 1.